The number of halogens is 2. The normalized spacial score (nSPS) is 18.8. The number of nitrogens with one attached hydrogen (secondary N) is 1. The van der Waals surface area contributed by atoms with Gasteiger partial charge in [0.1, 0.15) is 16.5 Å². The van der Waals surface area contributed by atoms with E-state index in [1.807, 2.05) is 29.2 Å². The quantitative estimate of drug-likeness (QED) is 0.283. The van der Waals surface area contributed by atoms with Crippen LogP contribution in [0.5, 0.6) is 11.5 Å². The van der Waals surface area contributed by atoms with Gasteiger partial charge in [-0.15, -0.1) is 0 Å². The van der Waals surface area contributed by atoms with Crippen LogP contribution in [0.25, 0.3) is 33.2 Å². The molecule has 5 aromatic rings. The summed E-state index contributed by atoms with van der Waals surface area (Å²) in [4.78, 5) is 19.6. The van der Waals surface area contributed by atoms with E-state index >= 15 is 0 Å². The largest absolute Gasteiger partial charge is 0.493 e. The molecule has 1 N–H and O–H groups in total. The van der Waals surface area contributed by atoms with Crippen molar-refractivity contribution in [2.24, 2.45) is 0 Å². The van der Waals surface area contributed by atoms with Gasteiger partial charge in [0.15, 0.2) is 23.0 Å². The van der Waals surface area contributed by atoms with Gasteiger partial charge in [0.25, 0.3) is 0 Å². The summed E-state index contributed by atoms with van der Waals surface area (Å²) < 4.78 is 18.7. The smallest absolute Gasteiger partial charge is 0.179 e. The van der Waals surface area contributed by atoms with Crippen LogP contribution in [0, 0.1) is 0 Å². The van der Waals surface area contributed by atoms with E-state index in [9.17, 15) is 0 Å². The molecule has 0 spiro atoms. The Labute approximate surface area is 233 Å². The van der Waals surface area contributed by atoms with Crippen molar-refractivity contribution in [1.82, 2.24) is 29.7 Å². The number of methoxy groups -OCH3 is 2. The van der Waals surface area contributed by atoms with E-state index in [1.165, 1.54) is 0 Å². The van der Waals surface area contributed by atoms with Gasteiger partial charge in [-0.3, -0.25) is 4.68 Å². The number of nitrogens with zero attached hydrogens (tertiary/aromatic N) is 6. The summed E-state index contributed by atoms with van der Waals surface area (Å²) in [5.41, 5.74) is 3.82. The number of ether oxygens (including phenoxy) is 3. The van der Waals surface area contributed by atoms with Gasteiger partial charge in [0.2, 0.25) is 0 Å². The van der Waals surface area contributed by atoms with Gasteiger partial charge in [0, 0.05) is 35.0 Å². The van der Waals surface area contributed by atoms with Crippen LogP contribution in [0.15, 0.2) is 36.7 Å². The molecule has 0 aliphatic carbocycles. The molecule has 2 aliphatic heterocycles. The predicted molar refractivity (Wildman–Crippen MR) is 149 cm³/mol. The van der Waals surface area contributed by atoms with Gasteiger partial charge in [0.05, 0.1) is 56.6 Å². The van der Waals surface area contributed by atoms with E-state index in [0.717, 1.165) is 52.0 Å². The molecular formula is C27H25Cl2N7O3. The Morgan fingerprint density at radius 3 is 2.56 bits per heavy atom. The summed E-state index contributed by atoms with van der Waals surface area (Å²) in [5.74, 6) is 2.73. The minimum Gasteiger partial charge on any atom is -0.493 e. The Morgan fingerprint density at radius 1 is 1.03 bits per heavy atom. The van der Waals surface area contributed by atoms with Crippen LogP contribution in [0.4, 0.5) is 5.82 Å². The fourth-order valence-electron chi connectivity index (χ4n) is 5.71. The van der Waals surface area contributed by atoms with Crippen molar-refractivity contribution in [2.75, 3.05) is 32.3 Å². The first-order valence-electron chi connectivity index (χ1n) is 12.7. The maximum absolute atomic E-state index is 6.76. The van der Waals surface area contributed by atoms with Crippen molar-refractivity contribution < 1.29 is 14.2 Å². The zero-order valence-electron chi connectivity index (χ0n) is 21.3. The third kappa shape index (κ3) is 4.14. The van der Waals surface area contributed by atoms with Crippen LogP contribution >= 0.6 is 23.2 Å². The zero-order valence-corrected chi connectivity index (χ0v) is 22.8. The highest BCUT2D eigenvalue weighted by atomic mass is 35.5. The van der Waals surface area contributed by atoms with Gasteiger partial charge in [-0.2, -0.15) is 5.10 Å². The molecule has 200 valence electrons. The summed E-state index contributed by atoms with van der Waals surface area (Å²) in [6.45, 7) is 1.80. The van der Waals surface area contributed by atoms with Gasteiger partial charge in [-0.25, -0.2) is 15.0 Å². The fourth-order valence-corrected chi connectivity index (χ4v) is 6.11. The Morgan fingerprint density at radius 2 is 1.79 bits per heavy atom. The number of hydrogen-bond donors (Lipinski definition) is 1. The topological polar surface area (TPSA) is 103 Å². The molecule has 0 saturated carbocycles. The van der Waals surface area contributed by atoms with E-state index in [0.29, 0.717) is 47.1 Å². The minimum absolute atomic E-state index is 0.284. The third-order valence-electron chi connectivity index (χ3n) is 7.50. The number of aromatic amines is 1. The van der Waals surface area contributed by atoms with Crippen LogP contribution in [0.2, 0.25) is 10.2 Å². The number of hydrogen-bond acceptors (Lipinski definition) is 8. The molecule has 2 aliphatic rings. The van der Waals surface area contributed by atoms with Crippen LogP contribution in [0.3, 0.4) is 0 Å². The Hall–Kier alpha value is -3.60. The molecule has 0 radical (unpaired) electrons. The van der Waals surface area contributed by atoms with E-state index in [2.05, 4.69) is 19.9 Å². The van der Waals surface area contributed by atoms with Crippen molar-refractivity contribution in [3.8, 4) is 22.6 Å². The molecule has 10 nitrogen and oxygen atoms in total. The SMILES string of the molecule is COc1cc(Cl)c(-c2cnc(N3C4CCC3COC4)c3nn(Cc4nc5nc(Cl)ccc5[nH]4)cc23)cc1OC. The van der Waals surface area contributed by atoms with Crippen molar-refractivity contribution in [3.63, 3.8) is 0 Å². The lowest BCUT2D eigenvalue weighted by Crippen LogP contribution is -2.46. The molecule has 7 rings (SSSR count). The lowest BCUT2D eigenvalue weighted by Gasteiger charge is -2.35. The first kappa shape index (κ1) is 24.4. The Balaban J connectivity index is 1.38. The average molecular weight is 566 g/mol. The number of aromatic nitrogens is 6. The fraction of sp³-hybridized carbons (Fsp3) is 0.333. The number of imidazole rings is 1. The first-order chi connectivity index (χ1) is 19.0. The van der Waals surface area contributed by atoms with Crippen molar-refractivity contribution in [2.45, 2.75) is 31.5 Å². The second-order valence-corrected chi connectivity index (χ2v) is 10.6. The summed E-state index contributed by atoms with van der Waals surface area (Å²) >= 11 is 12.8. The molecule has 39 heavy (non-hydrogen) atoms. The highest BCUT2D eigenvalue weighted by molar-refractivity contribution is 6.34. The zero-order chi connectivity index (χ0) is 26.7. The second kappa shape index (κ2) is 9.55. The monoisotopic (exact) mass is 565 g/mol. The van der Waals surface area contributed by atoms with Gasteiger partial charge in [-0.05, 0) is 31.0 Å². The lowest BCUT2D eigenvalue weighted by atomic mass is 10.0. The number of H-pyrrole nitrogens is 1. The molecule has 4 aromatic heterocycles. The van der Waals surface area contributed by atoms with E-state index in [1.54, 1.807) is 26.4 Å². The van der Waals surface area contributed by atoms with Crippen molar-refractivity contribution >= 4 is 51.1 Å². The van der Waals surface area contributed by atoms with Crippen LogP contribution < -0.4 is 14.4 Å². The summed E-state index contributed by atoms with van der Waals surface area (Å²) in [6.07, 6.45) is 6.04. The van der Waals surface area contributed by atoms with E-state index in [-0.39, 0.29) is 12.1 Å². The third-order valence-corrected chi connectivity index (χ3v) is 8.02. The first-order valence-corrected chi connectivity index (χ1v) is 13.4. The molecular weight excluding hydrogens is 541 g/mol. The number of rotatable bonds is 6. The van der Waals surface area contributed by atoms with E-state index in [4.69, 9.17) is 47.5 Å². The molecule has 2 fully saturated rings. The van der Waals surface area contributed by atoms with Gasteiger partial charge < -0.3 is 24.1 Å². The molecule has 1 aromatic carbocycles. The highest BCUT2D eigenvalue weighted by Crippen LogP contribution is 2.43. The molecule has 6 heterocycles. The Bertz CT molecular complexity index is 1700. The average Bonchev–Trinajstić information content (AvgIpc) is 3.60. The maximum atomic E-state index is 6.76. The standard InChI is InChI=1S/C27H25Cl2N7O3/c1-37-21-7-16(19(28)8-22(21)38-2)17-9-30-27(36-14-3-4-15(36)13-39-12-14)25-18(17)10-35(34-25)11-24-31-20-5-6-23(29)32-26(20)33-24/h5-10,14-15H,3-4,11-13H2,1-2H3,(H,31,32,33). The summed E-state index contributed by atoms with van der Waals surface area (Å²) in [7, 11) is 3.19. The summed E-state index contributed by atoms with van der Waals surface area (Å²) in [6, 6.07) is 7.81. The number of anilines is 1. The van der Waals surface area contributed by atoms with Gasteiger partial charge >= 0.3 is 0 Å². The minimum atomic E-state index is 0.284. The van der Waals surface area contributed by atoms with Crippen LogP contribution in [-0.4, -0.2) is 69.2 Å². The molecule has 12 heteroatoms. The lowest BCUT2D eigenvalue weighted by molar-refractivity contribution is 0.0903. The molecule has 2 bridgehead atoms. The number of pyridine rings is 2. The predicted octanol–water partition coefficient (Wildman–Crippen LogP) is 5.11. The highest BCUT2D eigenvalue weighted by Gasteiger charge is 2.39. The molecule has 2 saturated heterocycles. The molecule has 2 atom stereocenters. The summed E-state index contributed by atoms with van der Waals surface area (Å²) in [5, 5.41) is 6.89. The van der Waals surface area contributed by atoms with Crippen LogP contribution in [0.1, 0.15) is 18.7 Å². The Kier molecular flexibility index (Phi) is 5.98. The van der Waals surface area contributed by atoms with Crippen molar-refractivity contribution in [3.05, 3.63) is 52.7 Å². The molecule has 2 unspecified atom stereocenters. The van der Waals surface area contributed by atoms with Crippen LogP contribution in [-0.2, 0) is 11.3 Å². The number of benzene rings is 1. The second-order valence-electron chi connectivity index (χ2n) is 9.79. The maximum Gasteiger partial charge on any atom is 0.179 e. The number of morpholine rings is 1. The van der Waals surface area contributed by atoms with Crippen molar-refractivity contribution in [1.29, 1.82) is 0 Å². The van der Waals surface area contributed by atoms with E-state index < -0.39 is 0 Å². The molecule has 0 amide bonds. The number of fused-ring (bicyclic) bond motifs is 4. The van der Waals surface area contributed by atoms with Gasteiger partial charge in [-0.1, -0.05) is 23.2 Å².